The highest BCUT2D eigenvalue weighted by molar-refractivity contribution is 7.86. The van der Waals surface area contributed by atoms with Crippen LogP contribution >= 0.6 is 0 Å². The zero-order valence-electron chi connectivity index (χ0n) is 11.5. The molecule has 4 rings (SSSR count). The summed E-state index contributed by atoms with van der Waals surface area (Å²) in [7, 11) is -0.666. The van der Waals surface area contributed by atoms with Crippen LogP contribution < -0.4 is 0 Å². The van der Waals surface area contributed by atoms with E-state index in [-0.39, 0.29) is 5.25 Å². The van der Waals surface area contributed by atoms with Crippen LogP contribution in [0, 0.1) is 6.92 Å². The topological polar surface area (TPSA) is 43.1 Å². The number of nitrogens with zero attached hydrogens (tertiary/aromatic N) is 1. The van der Waals surface area contributed by atoms with Crippen molar-refractivity contribution in [2.75, 3.05) is 0 Å². The monoisotopic (exact) mass is 287 g/mol. The number of allylic oxidation sites excluding steroid dienone is 1. The Bertz CT molecular complexity index is 731. The van der Waals surface area contributed by atoms with Gasteiger partial charge in [0.05, 0.1) is 5.25 Å². The van der Waals surface area contributed by atoms with Crippen molar-refractivity contribution in [3.63, 3.8) is 0 Å². The Hall–Kier alpha value is -1.42. The predicted molar refractivity (Wildman–Crippen MR) is 80.9 cm³/mol. The molecule has 3 atom stereocenters. The van der Waals surface area contributed by atoms with Gasteiger partial charge in [0.1, 0.15) is 5.52 Å². The number of hydrogen-bond donors (Lipinski definition) is 0. The Morgan fingerprint density at radius 1 is 1.35 bits per heavy atom. The summed E-state index contributed by atoms with van der Waals surface area (Å²) in [5, 5.41) is 0.602. The largest absolute Gasteiger partial charge is 0.441 e. The summed E-state index contributed by atoms with van der Waals surface area (Å²) in [6, 6.07) is 6.20. The first kappa shape index (κ1) is 12.3. The van der Waals surface area contributed by atoms with Crippen molar-refractivity contribution in [2.45, 2.75) is 43.1 Å². The van der Waals surface area contributed by atoms with Crippen molar-refractivity contribution in [2.24, 2.45) is 0 Å². The van der Waals surface area contributed by atoms with Crippen LogP contribution in [0.2, 0.25) is 0 Å². The molecule has 1 aromatic carbocycles. The summed E-state index contributed by atoms with van der Waals surface area (Å²) in [4.78, 5) is 4.33. The molecular weight excluding hydrogens is 270 g/mol. The van der Waals surface area contributed by atoms with Crippen LogP contribution in [0.5, 0.6) is 0 Å². The maximum atomic E-state index is 12.2. The molecule has 1 aromatic heterocycles. The Labute approximate surface area is 120 Å². The molecule has 1 saturated heterocycles. The Morgan fingerprint density at radius 3 is 3.10 bits per heavy atom. The molecule has 2 aromatic rings. The minimum atomic E-state index is -0.666. The molecule has 2 aliphatic heterocycles. The molecule has 4 heteroatoms. The van der Waals surface area contributed by atoms with Gasteiger partial charge < -0.3 is 4.42 Å². The fourth-order valence-electron chi connectivity index (χ4n) is 3.35. The maximum absolute atomic E-state index is 12.2. The van der Waals surface area contributed by atoms with E-state index in [1.807, 2.05) is 13.0 Å². The van der Waals surface area contributed by atoms with E-state index in [9.17, 15) is 4.21 Å². The Kier molecular flexibility index (Phi) is 2.81. The summed E-state index contributed by atoms with van der Waals surface area (Å²) in [5.41, 5.74) is 4.28. The minimum Gasteiger partial charge on any atom is -0.441 e. The summed E-state index contributed by atoms with van der Waals surface area (Å²) in [5.74, 6) is 0.702. The average Bonchev–Trinajstić information content (AvgIpc) is 2.77. The molecule has 0 amide bonds. The quantitative estimate of drug-likeness (QED) is 0.805. The molecule has 104 valence electrons. The van der Waals surface area contributed by atoms with Gasteiger partial charge in [-0.15, -0.1) is 0 Å². The molecule has 0 aliphatic carbocycles. The van der Waals surface area contributed by atoms with Crippen LogP contribution in [0.15, 0.2) is 28.7 Å². The van der Waals surface area contributed by atoms with Gasteiger partial charge in [0.2, 0.25) is 0 Å². The molecule has 0 saturated carbocycles. The van der Waals surface area contributed by atoms with Gasteiger partial charge in [0, 0.05) is 23.0 Å². The predicted octanol–water partition coefficient (Wildman–Crippen LogP) is 3.59. The Morgan fingerprint density at radius 2 is 2.25 bits per heavy atom. The van der Waals surface area contributed by atoms with Gasteiger partial charge in [-0.25, -0.2) is 4.98 Å². The number of hydrogen-bond acceptors (Lipinski definition) is 3. The van der Waals surface area contributed by atoms with Crippen molar-refractivity contribution < 1.29 is 8.63 Å². The van der Waals surface area contributed by atoms with Crippen LogP contribution in [-0.4, -0.2) is 19.7 Å². The third-order valence-electron chi connectivity index (χ3n) is 4.34. The van der Waals surface area contributed by atoms with Crippen LogP contribution in [0.4, 0.5) is 0 Å². The van der Waals surface area contributed by atoms with Gasteiger partial charge in [-0.3, -0.25) is 4.21 Å². The standard InChI is InChI=1S/C16H17NO2S/c1-10-17-15-6-5-11(9-16(15)19-10)12-7-13-3-2-4-14(8-12)20(13)18/h5-7,9,13-14H,2-4,8H2,1H3. The van der Waals surface area contributed by atoms with E-state index < -0.39 is 10.8 Å². The lowest BCUT2D eigenvalue weighted by Crippen LogP contribution is -2.33. The number of benzene rings is 1. The Balaban J connectivity index is 1.77. The zero-order chi connectivity index (χ0) is 13.7. The molecule has 20 heavy (non-hydrogen) atoms. The molecular formula is C16H17NO2S. The van der Waals surface area contributed by atoms with Gasteiger partial charge in [-0.2, -0.15) is 0 Å². The molecule has 0 radical (unpaired) electrons. The van der Waals surface area contributed by atoms with Gasteiger partial charge in [-0.05, 0) is 42.5 Å². The second-order valence-electron chi connectivity index (χ2n) is 5.73. The SMILES string of the molecule is Cc1nc2ccc(C3=CC4CCCC(C3)S4=O)cc2o1. The second-order valence-corrected chi connectivity index (χ2v) is 7.66. The van der Waals surface area contributed by atoms with Gasteiger partial charge >= 0.3 is 0 Å². The molecule has 3 unspecified atom stereocenters. The van der Waals surface area contributed by atoms with E-state index in [2.05, 4.69) is 23.2 Å². The lowest BCUT2D eigenvalue weighted by atomic mass is 9.93. The second kappa shape index (κ2) is 4.55. The van der Waals surface area contributed by atoms with Crippen LogP contribution in [0.3, 0.4) is 0 Å². The van der Waals surface area contributed by atoms with E-state index in [4.69, 9.17) is 4.42 Å². The summed E-state index contributed by atoms with van der Waals surface area (Å²) < 4.78 is 17.9. The smallest absolute Gasteiger partial charge is 0.192 e. The van der Waals surface area contributed by atoms with E-state index >= 15 is 0 Å². The fourth-order valence-corrected chi connectivity index (χ4v) is 5.29. The lowest BCUT2D eigenvalue weighted by molar-refractivity contribution is 0.561. The van der Waals surface area contributed by atoms with Crippen LogP contribution in [-0.2, 0) is 10.8 Å². The minimum absolute atomic E-state index is 0.254. The number of aryl methyl sites for hydroxylation is 1. The lowest BCUT2D eigenvalue weighted by Gasteiger charge is -2.32. The number of oxazole rings is 1. The first-order valence-electron chi connectivity index (χ1n) is 7.18. The van der Waals surface area contributed by atoms with E-state index in [0.717, 1.165) is 30.4 Å². The number of aromatic nitrogens is 1. The maximum Gasteiger partial charge on any atom is 0.192 e. The first-order chi connectivity index (χ1) is 9.70. The van der Waals surface area contributed by atoms with E-state index in [1.54, 1.807) is 0 Å². The molecule has 2 bridgehead atoms. The number of fused-ring (bicyclic) bond motifs is 3. The van der Waals surface area contributed by atoms with Crippen LogP contribution in [0.1, 0.15) is 37.1 Å². The summed E-state index contributed by atoms with van der Waals surface area (Å²) in [6.07, 6.45) is 6.55. The summed E-state index contributed by atoms with van der Waals surface area (Å²) in [6.45, 7) is 1.87. The van der Waals surface area contributed by atoms with Gasteiger partial charge in [0.25, 0.3) is 0 Å². The molecule has 3 heterocycles. The van der Waals surface area contributed by atoms with E-state index in [1.165, 1.54) is 17.6 Å². The normalized spacial score (nSPS) is 29.4. The fraction of sp³-hybridized carbons (Fsp3) is 0.438. The van der Waals surface area contributed by atoms with Crippen molar-refractivity contribution in [3.05, 3.63) is 35.7 Å². The van der Waals surface area contributed by atoms with Gasteiger partial charge in [-0.1, -0.05) is 18.6 Å². The molecule has 0 N–H and O–H groups in total. The molecule has 2 aliphatic rings. The van der Waals surface area contributed by atoms with Gasteiger partial charge in [0.15, 0.2) is 11.5 Å². The highest BCUT2D eigenvalue weighted by Crippen LogP contribution is 2.37. The van der Waals surface area contributed by atoms with Crippen LogP contribution in [0.25, 0.3) is 16.7 Å². The summed E-state index contributed by atoms with van der Waals surface area (Å²) >= 11 is 0. The van der Waals surface area contributed by atoms with E-state index in [0.29, 0.717) is 11.1 Å². The highest BCUT2D eigenvalue weighted by atomic mass is 32.2. The molecule has 3 nitrogen and oxygen atoms in total. The third kappa shape index (κ3) is 1.94. The average molecular weight is 287 g/mol. The number of rotatable bonds is 1. The van der Waals surface area contributed by atoms with Crippen molar-refractivity contribution in [3.8, 4) is 0 Å². The third-order valence-corrected chi connectivity index (χ3v) is 6.37. The van der Waals surface area contributed by atoms with Crippen molar-refractivity contribution in [1.29, 1.82) is 0 Å². The molecule has 1 fully saturated rings. The first-order valence-corrected chi connectivity index (χ1v) is 8.46. The van der Waals surface area contributed by atoms with Crippen molar-refractivity contribution >= 4 is 27.5 Å². The highest BCUT2D eigenvalue weighted by Gasteiger charge is 2.33. The molecule has 0 spiro atoms. The zero-order valence-corrected chi connectivity index (χ0v) is 12.3. The van der Waals surface area contributed by atoms with Crippen molar-refractivity contribution in [1.82, 2.24) is 4.98 Å².